The Morgan fingerprint density at radius 3 is 2.26 bits per heavy atom. The molecule has 0 aliphatic carbocycles. The maximum atomic E-state index is 13.3. The molecule has 0 aliphatic rings. The van der Waals surface area contributed by atoms with Crippen LogP contribution in [0.5, 0.6) is 0 Å². The van der Waals surface area contributed by atoms with Gasteiger partial charge in [0.05, 0.1) is 23.3 Å². The second-order valence-electron chi connectivity index (χ2n) is 6.25. The molecule has 0 spiro atoms. The Kier molecular flexibility index (Phi) is 6.36. The van der Waals surface area contributed by atoms with Crippen molar-refractivity contribution >= 4 is 23.6 Å². The quantitative estimate of drug-likeness (QED) is 0.591. The summed E-state index contributed by atoms with van der Waals surface area (Å²) in [6, 6.07) is 5.18. The van der Waals surface area contributed by atoms with Gasteiger partial charge in [0.15, 0.2) is 0 Å². The Bertz CT molecular complexity index is 974. The first-order chi connectivity index (χ1) is 12.4. The van der Waals surface area contributed by atoms with Gasteiger partial charge in [-0.3, -0.25) is 9.29 Å². The van der Waals surface area contributed by atoms with E-state index in [1.165, 1.54) is 31.2 Å². The highest BCUT2D eigenvalue weighted by atomic mass is 32.2. The smallest absolute Gasteiger partial charge is 0.324 e. The van der Waals surface area contributed by atoms with Crippen LogP contribution in [0.4, 0.5) is 10.3 Å². The van der Waals surface area contributed by atoms with Gasteiger partial charge in [0.25, 0.3) is 0 Å². The number of anilines is 1. The SMILES string of the molecule is CCS(=O)(=O)Nc1nc(-c2ccc(F)cc2)c(CP(=O)(O)O)c(C(C)C)n1. The number of benzene rings is 1. The molecule has 0 saturated heterocycles. The predicted octanol–water partition coefficient (Wildman–Crippen LogP) is 2.85. The van der Waals surface area contributed by atoms with E-state index in [0.717, 1.165) is 0 Å². The lowest BCUT2D eigenvalue weighted by Crippen LogP contribution is -2.18. The zero-order valence-electron chi connectivity index (χ0n) is 15.0. The molecule has 0 radical (unpaired) electrons. The van der Waals surface area contributed by atoms with E-state index in [4.69, 9.17) is 0 Å². The molecule has 0 bridgehead atoms. The third-order valence-corrected chi connectivity index (χ3v) is 5.68. The van der Waals surface area contributed by atoms with Crippen LogP contribution in [-0.2, 0) is 20.8 Å². The minimum absolute atomic E-state index is 0.144. The van der Waals surface area contributed by atoms with E-state index in [2.05, 4.69) is 14.7 Å². The molecule has 8 nitrogen and oxygen atoms in total. The number of nitrogens with one attached hydrogen (secondary N) is 1. The molecular formula is C16H21FN3O5PS. The zero-order valence-corrected chi connectivity index (χ0v) is 16.8. The topological polar surface area (TPSA) is 129 Å². The zero-order chi connectivity index (χ0) is 20.4. The maximum Gasteiger partial charge on any atom is 0.330 e. The Balaban J connectivity index is 2.75. The van der Waals surface area contributed by atoms with Crippen molar-refractivity contribution in [3.8, 4) is 11.3 Å². The van der Waals surface area contributed by atoms with Crippen LogP contribution in [-0.4, -0.2) is 33.9 Å². The van der Waals surface area contributed by atoms with Gasteiger partial charge in [-0.25, -0.2) is 22.8 Å². The highest BCUT2D eigenvalue weighted by Crippen LogP contribution is 2.43. The molecule has 27 heavy (non-hydrogen) atoms. The molecule has 0 aliphatic heterocycles. The highest BCUT2D eigenvalue weighted by molar-refractivity contribution is 7.92. The van der Waals surface area contributed by atoms with Crippen LogP contribution >= 0.6 is 7.60 Å². The lowest BCUT2D eigenvalue weighted by molar-refractivity contribution is 0.371. The predicted molar refractivity (Wildman–Crippen MR) is 100 cm³/mol. The van der Waals surface area contributed by atoms with E-state index in [0.29, 0.717) is 11.3 Å². The average molecular weight is 417 g/mol. The molecule has 0 saturated carbocycles. The first-order valence-electron chi connectivity index (χ1n) is 8.13. The van der Waals surface area contributed by atoms with E-state index >= 15 is 0 Å². The van der Waals surface area contributed by atoms with Crippen LogP contribution in [0.2, 0.25) is 0 Å². The molecule has 0 amide bonds. The highest BCUT2D eigenvalue weighted by Gasteiger charge is 2.25. The summed E-state index contributed by atoms with van der Waals surface area (Å²) >= 11 is 0. The summed E-state index contributed by atoms with van der Waals surface area (Å²) in [5, 5.41) is 0. The third-order valence-electron chi connectivity index (χ3n) is 3.69. The van der Waals surface area contributed by atoms with Crippen LogP contribution < -0.4 is 4.72 Å². The molecule has 1 heterocycles. The molecule has 148 valence electrons. The Morgan fingerprint density at radius 2 is 1.78 bits per heavy atom. The molecule has 11 heteroatoms. The number of aromatic nitrogens is 2. The number of rotatable bonds is 7. The third kappa shape index (κ3) is 5.80. The van der Waals surface area contributed by atoms with Crippen molar-refractivity contribution in [3.63, 3.8) is 0 Å². The number of hydrogen-bond donors (Lipinski definition) is 3. The standard InChI is InChI=1S/C16H21FN3O5PS/c1-4-27(24,25)20-16-18-14(10(2)3)13(9-26(21,22)23)15(19-16)11-5-7-12(17)8-6-11/h5-8,10H,4,9H2,1-3H3,(H,18,19,20)(H2,21,22,23). The molecule has 3 N–H and O–H groups in total. The fraction of sp³-hybridized carbons (Fsp3) is 0.375. The lowest BCUT2D eigenvalue weighted by Gasteiger charge is -2.18. The maximum absolute atomic E-state index is 13.3. The van der Waals surface area contributed by atoms with Gasteiger partial charge in [0, 0.05) is 11.1 Å². The van der Waals surface area contributed by atoms with Gasteiger partial charge in [0.2, 0.25) is 16.0 Å². The Labute approximate surface area is 157 Å². The summed E-state index contributed by atoms with van der Waals surface area (Å²) in [4.78, 5) is 27.3. The number of nitrogens with zero attached hydrogens (tertiary/aromatic N) is 2. The number of hydrogen-bond acceptors (Lipinski definition) is 5. The number of sulfonamides is 1. The van der Waals surface area contributed by atoms with E-state index in [-0.39, 0.29) is 28.9 Å². The van der Waals surface area contributed by atoms with Crippen molar-refractivity contribution in [1.29, 1.82) is 0 Å². The molecule has 0 atom stereocenters. The summed E-state index contributed by atoms with van der Waals surface area (Å²) in [6.45, 7) is 4.98. The van der Waals surface area contributed by atoms with Gasteiger partial charge in [-0.05, 0) is 37.1 Å². The summed E-state index contributed by atoms with van der Waals surface area (Å²) in [5.74, 6) is -1.14. The molecule has 2 aromatic rings. The molecule has 2 rings (SSSR count). The average Bonchev–Trinajstić information content (AvgIpc) is 2.55. The van der Waals surface area contributed by atoms with Crippen molar-refractivity contribution in [3.05, 3.63) is 41.3 Å². The van der Waals surface area contributed by atoms with E-state index in [9.17, 15) is 27.2 Å². The van der Waals surface area contributed by atoms with Gasteiger partial charge < -0.3 is 9.79 Å². The second-order valence-corrected chi connectivity index (χ2v) is 9.91. The normalized spacial score (nSPS) is 12.4. The molecule has 0 unspecified atom stereocenters. The summed E-state index contributed by atoms with van der Waals surface area (Å²) in [5.41, 5.74) is 1.04. The largest absolute Gasteiger partial charge is 0.330 e. The van der Waals surface area contributed by atoms with Crippen molar-refractivity contribution in [2.45, 2.75) is 32.9 Å². The van der Waals surface area contributed by atoms with Gasteiger partial charge >= 0.3 is 7.60 Å². The van der Waals surface area contributed by atoms with Crippen molar-refractivity contribution in [2.75, 3.05) is 10.5 Å². The minimum atomic E-state index is -4.47. The van der Waals surface area contributed by atoms with Gasteiger partial charge in [-0.2, -0.15) is 0 Å². The van der Waals surface area contributed by atoms with Crippen LogP contribution in [0.1, 0.15) is 37.9 Å². The minimum Gasteiger partial charge on any atom is -0.324 e. The summed E-state index contributed by atoms with van der Waals surface area (Å²) in [6.07, 6.45) is -0.617. The van der Waals surface area contributed by atoms with Gasteiger partial charge in [-0.15, -0.1) is 0 Å². The van der Waals surface area contributed by atoms with Crippen LogP contribution in [0.25, 0.3) is 11.3 Å². The van der Waals surface area contributed by atoms with E-state index in [1.54, 1.807) is 13.8 Å². The molecular weight excluding hydrogens is 396 g/mol. The fourth-order valence-electron chi connectivity index (χ4n) is 2.44. The lowest BCUT2D eigenvalue weighted by atomic mass is 9.99. The summed E-state index contributed by atoms with van der Waals surface area (Å²) < 4.78 is 51.0. The van der Waals surface area contributed by atoms with E-state index < -0.39 is 29.6 Å². The number of halogens is 1. The molecule has 1 aromatic heterocycles. The Hall–Kier alpha value is -1.87. The van der Waals surface area contributed by atoms with Crippen LogP contribution in [0, 0.1) is 5.82 Å². The van der Waals surface area contributed by atoms with Crippen molar-refractivity contribution in [2.24, 2.45) is 0 Å². The first-order valence-corrected chi connectivity index (χ1v) is 11.6. The van der Waals surface area contributed by atoms with Crippen LogP contribution in [0.3, 0.4) is 0 Å². The molecule has 0 fully saturated rings. The summed E-state index contributed by atoms with van der Waals surface area (Å²) in [7, 11) is -8.12. The van der Waals surface area contributed by atoms with Gasteiger partial charge in [0.1, 0.15) is 5.82 Å². The van der Waals surface area contributed by atoms with E-state index in [1.807, 2.05) is 0 Å². The van der Waals surface area contributed by atoms with Crippen molar-refractivity contribution < 1.29 is 27.2 Å². The molecule has 1 aromatic carbocycles. The fourth-order valence-corrected chi connectivity index (χ4v) is 3.68. The van der Waals surface area contributed by atoms with Gasteiger partial charge in [-0.1, -0.05) is 13.8 Å². The first kappa shape index (κ1) is 21.4. The van der Waals surface area contributed by atoms with Crippen LogP contribution in [0.15, 0.2) is 24.3 Å². The second kappa shape index (κ2) is 8.02. The van der Waals surface area contributed by atoms with Crippen molar-refractivity contribution in [1.82, 2.24) is 9.97 Å². The Morgan fingerprint density at radius 1 is 1.19 bits per heavy atom. The monoisotopic (exact) mass is 417 g/mol.